The summed E-state index contributed by atoms with van der Waals surface area (Å²) < 4.78 is 15.4. The molecule has 3 nitrogen and oxygen atoms in total. The minimum atomic E-state index is -0.400. The zero-order valence-corrected chi connectivity index (χ0v) is 8.99. The highest BCUT2D eigenvalue weighted by Crippen LogP contribution is 2.15. The van der Waals surface area contributed by atoms with E-state index in [1.807, 2.05) is 6.92 Å². The van der Waals surface area contributed by atoms with Gasteiger partial charge in [0.25, 0.3) is 0 Å². The zero-order chi connectivity index (χ0) is 10.1. The van der Waals surface area contributed by atoms with Crippen LogP contribution in [0.25, 0.3) is 5.82 Å². The van der Waals surface area contributed by atoms with Crippen LogP contribution in [-0.4, -0.2) is 14.8 Å². The SMILES string of the molecule is Cc1ccn(-c2ncc(Br)cc2F)n1. The fourth-order valence-electron chi connectivity index (χ4n) is 1.11. The van der Waals surface area contributed by atoms with Crippen molar-refractivity contribution in [2.45, 2.75) is 6.92 Å². The van der Waals surface area contributed by atoms with E-state index in [0.717, 1.165) is 5.69 Å². The Kier molecular flexibility index (Phi) is 2.33. The molecule has 0 unspecified atom stereocenters. The third kappa shape index (κ3) is 1.68. The van der Waals surface area contributed by atoms with E-state index in [1.165, 1.54) is 16.9 Å². The van der Waals surface area contributed by atoms with Gasteiger partial charge in [-0.05, 0) is 35.0 Å². The van der Waals surface area contributed by atoms with Crippen molar-refractivity contribution in [1.29, 1.82) is 0 Å². The second-order valence-electron chi connectivity index (χ2n) is 2.86. The van der Waals surface area contributed by atoms with Gasteiger partial charge in [-0.15, -0.1) is 0 Å². The summed E-state index contributed by atoms with van der Waals surface area (Å²) in [6.07, 6.45) is 3.21. The summed E-state index contributed by atoms with van der Waals surface area (Å²) in [4.78, 5) is 3.94. The molecule has 5 heteroatoms. The smallest absolute Gasteiger partial charge is 0.189 e. The molecule has 0 aromatic carbocycles. The van der Waals surface area contributed by atoms with Gasteiger partial charge in [0.05, 0.1) is 5.69 Å². The maximum Gasteiger partial charge on any atom is 0.189 e. The molecule has 0 amide bonds. The van der Waals surface area contributed by atoms with Gasteiger partial charge in [0.2, 0.25) is 0 Å². The first-order valence-corrected chi connectivity index (χ1v) is 4.80. The van der Waals surface area contributed by atoms with Crippen molar-refractivity contribution in [2.24, 2.45) is 0 Å². The Morgan fingerprint density at radius 3 is 2.86 bits per heavy atom. The number of aryl methyl sites for hydroxylation is 1. The van der Waals surface area contributed by atoms with E-state index in [0.29, 0.717) is 4.47 Å². The maximum absolute atomic E-state index is 13.4. The van der Waals surface area contributed by atoms with E-state index in [-0.39, 0.29) is 5.82 Å². The average Bonchev–Trinajstić information content (AvgIpc) is 2.51. The van der Waals surface area contributed by atoms with Gasteiger partial charge in [-0.3, -0.25) is 0 Å². The topological polar surface area (TPSA) is 30.7 Å². The summed E-state index contributed by atoms with van der Waals surface area (Å²) in [5, 5.41) is 4.07. The Labute approximate surface area is 88.7 Å². The fourth-order valence-corrected chi connectivity index (χ4v) is 1.41. The van der Waals surface area contributed by atoms with E-state index < -0.39 is 5.82 Å². The number of pyridine rings is 1. The lowest BCUT2D eigenvalue weighted by Crippen LogP contribution is -2.01. The van der Waals surface area contributed by atoms with Crippen molar-refractivity contribution >= 4 is 15.9 Å². The van der Waals surface area contributed by atoms with Crippen molar-refractivity contribution in [3.63, 3.8) is 0 Å². The number of aromatic nitrogens is 3. The fraction of sp³-hybridized carbons (Fsp3) is 0.111. The molecule has 0 N–H and O–H groups in total. The molecule has 0 aliphatic heterocycles. The molecule has 72 valence electrons. The molecule has 2 aromatic rings. The molecule has 2 rings (SSSR count). The monoisotopic (exact) mass is 255 g/mol. The molecule has 0 spiro atoms. The van der Waals surface area contributed by atoms with Crippen LogP contribution in [0.15, 0.2) is 29.0 Å². The van der Waals surface area contributed by atoms with Crippen LogP contribution in [0, 0.1) is 12.7 Å². The van der Waals surface area contributed by atoms with Crippen LogP contribution in [0.1, 0.15) is 5.69 Å². The summed E-state index contributed by atoms with van der Waals surface area (Å²) in [6, 6.07) is 3.16. The highest BCUT2D eigenvalue weighted by atomic mass is 79.9. The van der Waals surface area contributed by atoms with Crippen LogP contribution in [-0.2, 0) is 0 Å². The molecule has 0 radical (unpaired) electrons. The van der Waals surface area contributed by atoms with Crippen molar-refractivity contribution in [3.8, 4) is 5.82 Å². The predicted octanol–water partition coefficient (Wildman–Crippen LogP) is 2.48. The summed E-state index contributed by atoms with van der Waals surface area (Å²) in [7, 11) is 0. The Morgan fingerprint density at radius 2 is 2.29 bits per heavy atom. The molecular weight excluding hydrogens is 249 g/mol. The highest BCUT2D eigenvalue weighted by Gasteiger charge is 2.07. The Bertz CT molecular complexity index is 467. The quantitative estimate of drug-likeness (QED) is 0.784. The third-order valence-electron chi connectivity index (χ3n) is 1.73. The summed E-state index contributed by atoms with van der Waals surface area (Å²) in [5.74, 6) is -0.191. The third-order valence-corrected chi connectivity index (χ3v) is 2.16. The molecule has 14 heavy (non-hydrogen) atoms. The van der Waals surface area contributed by atoms with Crippen LogP contribution >= 0.6 is 15.9 Å². The Morgan fingerprint density at radius 1 is 1.50 bits per heavy atom. The standard InChI is InChI=1S/C9H7BrFN3/c1-6-2-3-14(13-6)9-8(11)4-7(10)5-12-9/h2-5H,1H3. The van der Waals surface area contributed by atoms with Gasteiger partial charge in [0, 0.05) is 16.9 Å². The molecule has 0 aliphatic carbocycles. The number of hydrogen-bond donors (Lipinski definition) is 0. The van der Waals surface area contributed by atoms with Crippen molar-refractivity contribution in [3.05, 3.63) is 40.5 Å². The van der Waals surface area contributed by atoms with Gasteiger partial charge in [-0.1, -0.05) is 0 Å². The lowest BCUT2D eigenvalue weighted by molar-refractivity contribution is 0.599. The molecule has 0 aliphatic rings. The van der Waals surface area contributed by atoms with Gasteiger partial charge >= 0.3 is 0 Å². The van der Waals surface area contributed by atoms with E-state index in [1.54, 1.807) is 12.3 Å². The van der Waals surface area contributed by atoms with Crippen molar-refractivity contribution in [1.82, 2.24) is 14.8 Å². The molecule has 0 saturated carbocycles. The minimum absolute atomic E-state index is 0.210. The van der Waals surface area contributed by atoms with E-state index in [2.05, 4.69) is 26.0 Å². The number of nitrogens with zero attached hydrogens (tertiary/aromatic N) is 3. The number of halogens is 2. The maximum atomic E-state index is 13.4. The van der Waals surface area contributed by atoms with Gasteiger partial charge in [0.1, 0.15) is 0 Å². The summed E-state index contributed by atoms with van der Waals surface area (Å²) in [6.45, 7) is 1.84. The lowest BCUT2D eigenvalue weighted by atomic mass is 10.4. The predicted molar refractivity (Wildman–Crippen MR) is 53.8 cm³/mol. The van der Waals surface area contributed by atoms with Gasteiger partial charge in [-0.2, -0.15) is 5.10 Å². The van der Waals surface area contributed by atoms with Gasteiger partial charge in [-0.25, -0.2) is 14.1 Å². The van der Waals surface area contributed by atoms with Crippen LogP contribution in [0.5, 0.6) is 0 Å². The minimum Gasteiger partial charge on any atom is -0.233 e. The van der Waals surface area contributed by atoms with E-state index >= 15 is 0 Å². The molecule has 0 bridgehead atoms. The van der Waals surface area contributed by atoms with Gasteiger partial charge < -0.3 is 0 Å². The normalized spacial score (nSPS) is 10.5. The lowest BCUT2D eigenvalue weighted by Gasteiger charge is -2.01. The average molecular weight is 256 g/mol. The second-order valence-corrected chi connectivity index (χ2v) is 3.78. The molecule has 2 heterocycles. The van der Waals surface area contributed by atoms with E-state index in [4.69, 9.17) is 0 Å². The molecular formula is C9H7BrFN3. The first-order chi connectivity index (χ1) is 6.66. The van der Waals surface area contributed by atoms with Crippen LogP contribution in [0.2, 0.25) is 0 Å². The second kappa shape index (κ2) is 3.49. The van der Waals surface area contributed by atoms with Crippen molar-refractivity contribution in [2.75, 3.05) is 0 Å². The number of hydrogen-bond acceptors (Lipinski definition) is 2. The molecule has 0 fully saturated rings. The first kappa shape index (κ1) is 9.33. The Hall–Kier alpha value is -1.23. The van der Waals surface area contributed by atoms with Gasteiger partial charge in [0.15, 0.2) is 11.6 Å². The number of rotatable bonds is 1. The molecule has 2 aromatic heterocycles. The highest BCUT2D eigenvalue weighted by molar-refractivity contribution is 9.10. The van der Waals surface area contributed by atoms with Crippen LogP contribution in [0.4, 0.5) is 4.39 Å². The molecule has 0 saturated heterocycles. The van der Waals surface area contributed by atoms with Crippen molar-refractivity contribution < 1.29 is 4.39 Å². The zero-order valence-electron chi connectivity index (χ0n) is 7.41. The van der Waals surface area contributed by atoms with Crippen LogP contribution < -0.4 is 0 Å². The first-order valence-electron chi connectivity index (χ1n) is 4.00. The Balaban J connectivity index is 2.52. The largest absolute Gasteiger partial charge is 0.233 e. The van der Waals surface area contributed by atoms with E-state index in [9.17, 15) is 4.39 Å². The molecule has 0 atom stereocenters. The summed E-state index contributed by atoms with van der Waals surface area (Å²) in [5.41, 5.74) is 0.828. The van der Waals surface area contributed by atoms with Crippen LogP contribution in [0.3, 0.4) is 0 Å². The summed E-state index contributed by atoms with van der Waals surface area (Å²) >= 11 is 3.14.